The maximum atomic E-state index is 13.4. The molecule has 1 saturated heterocycles. The van der Waals surface area contributed by atoms with Crippen molar-refractivity contribution in [2.45, 2.75) is 52.5 Å². The number of ketones is 1. The van der Waals surface area contributed by atoms with E-state index in [4.69, 9.17) is 14.2 Å². The Hall–Kier alpha value is -3.52. The Kier molecular flexibility index (Phi) is 11.2. The van der Waals surface area contributed by atoms with E-state index in [1.165, 1.54) is 0 Å². The molecule has 2 aromatic rings. The summed E-state index contributed by atoms with van der Waals surface area (Å²) in [5.41, 5.74) is 1.18. The fraction of sp³-hybridized carbons (Fsp3) is 0.484. The number of ether oxygens (including phenoxy) is 3. The molecular weight excluding hydrogens is 496 g/mol. The molecule has 0 spiro atoms. The molecule has 1 unspecified atom stereocenters. The molecule has 1 aliphatic rings. The van der Waals surface area contributed by atoms with Gasteiger partial charge in [-0.3, -0.25) is 9.59 Å². The van der Waals surface area contributed by atoms with E-state index in [9.17, 15) is 14.7 Å². The Morgan fingerprint density at radius 1 is 0.897 bits per heavy atom. The maximum absolute atomic E-state index is 13.4. The normalized spacial score (nSPS) is 16.7. The van der Waals surface area contributed by atoms with Gasteiger partial charge in [0.15, 0.2) is 11.5 Å². The number of likely N-dealkylation sites (tertiary alicyclic amines) is 1. The molecule has 3 rings (SSSR count). The van der Waals surface area contributed by atoms with E-state index in [0.717, 1.165) is 25.8 Å². The van der Waals surface area contributed by atoms with Gasteiger partial charge in [0.05, 0.1) is 31.4 Å². The van der Waals surface area contributed by atoms with Crippen LogP contribution in [0.25, 0.3) is 5.76 Å². The van der Waals surface area contributed by atoms with E-state index in [1.54, 1.807) is 29.2 Å². The number of hydrogen-bond donors (Lipinski definition) is 1. The van der Waals surface area contributed by atoms with Gasteiger partial charge in [-0.15, -0.1) is 0 Å². The van der Waals surface area contributed by atoms with E-state index in [0.29, 0.717) is 61.2 Å². The van der Waals surface area contributed by atoms with Crippen LogP contribution in [0.3, 0.4) is 0 Å². The Labute approximate surface area is 232 Å². The van der Waals surface area contributed by atoms with Crippen molar-refractivity contribution in [2.24, 2.45) is 0 Å². The van der Waals surface area contributed by atoms with E-state index in [1.807, 2.05) is 51.0 Å². The standard InChI is InChI=1S/C31H42N2O6/c1-6-9-10-20-39-25-17-14-23(21-26(25)38-8-3)28-27(29(34)22-12-15-24(16-13-22)37-7-2)30(35)31(36)33(28)19-11-18-32(4)5/h12-17,21,28,34H,6-11,18-20H2,1-5H3. The summed E-state index contributed by atoms with van der Waals surface area (Å²) in [4.78, 5) is 30.2. The van der Waals surface area contributed by atoms with Gasteiger partial charge in [-0.2, -0.15) is 0 Å². The van der Waals surface area contributed by atoms with E-state index in [-0.39, 0.29) is 11.3 Å². The lowest BCUT2D eigenvalue weighted by Gasteiger charge is -2.26. The molecule has 212 valence electrons. The van der Waals surface area contributed by atoms with Crippen LogP contribution in [0.1, 0.15) is 63.6 Å². The van der Waals surface area contributed by atoms with Crippen LogP contribution in [0.15, 0.2) is 48.0 Å². The molecule has 1 aliphatic heterocycles. The number of hydrogen-bond acceptors (Lipinski definition) is 7. The number of Topliss-reactive ketones (excluding diaryl/α,β-unsaturated/α-hetero) is 1. The van der Waals surface area contributed by atoms with Crippen LogP contribution < -0.4 is 14.2 Å². The van der Waals surface area contributed by atoms with Crippen molar-refractivity contribution in [1.82, 2.24) is 9.80 Å². The molecular formula is C31H42N2O6. The predicted molar refractivity (Wildman–Crippen MR) is 152 cm³/mol. The summed E-state index contributed by atoms with van der Waals surface area (Å²) in [7, 11) is 3.93. The lowest BCUT2D eigenvalue weighted by molar-refractivity contribution is -0.139. The van der Waals surface area contributed by atoms with Gasteiger partial charge in [0.1, 0.15) is 11.5 Å². The number of unbranched alkanes of at least 4 members (excludes halogenated alkanes) is 2. The average Bonchev–Trinajstić information content (AvgIpc) is 3.17. The molecule has 8 heteroatoms. The SMILES string of the molecule is CCCCCOc1ccc(C2C(=C(O)c3ccc(OCC)cc3)C(=O)C(=O)N2CCCN(C)C)cc1OCC. The first-order valence-electron chi connectivity index (χ1n) is 13.9. The molecule has 0 saturated carbocycles. The van der Waals surface area contributed by atoms with Crippen LogP contribution >= 0.6 is 0 Å². The largest absolute Gasteiger partial charge is 0.507 e. The van der Waals surface area contributed by atoms with Gasteiger partial charge in [0, 0.05) is 12.1 Å². The number of carbonyl (C=O) groups excluding carboxylic acids is 2. The van der Waals surface area contributed by atoms with Crippen LogP contribution in [0.4, 0.5) is 0 Å². The number of nitrogens with zero attached hydrogens (tertiary/aromatic N) is 2. The van der Waals surface area contributed by atoms with Crippen molar-refractivity contribution >= 4 is 17.4 Å². The lowest BCUT2D eigenvalue weighted by atomic mass is 9.95. The van der Waals surface area contributed by atoms with Gasteiger partial charge in [0.2, 0.25) is 0 Å². The second-order valence-corrected chi connectivity index (χ2v) is 9.80. The molecule has 1 amide bonds. The molecule has 8 nitrogen and oxygen atoms in total. The summed E-state index contributed by atoms with van der Waals surface area (Å²) in [6.07, 6.45) is 3.80. The summed E-state index contributed by atoms with van der Waals surface area (Å²) in [6, 6.07) is 11.6. The third-order valence-corrected chi connectivity index (χ3v) is 6.57. The molecule has 0 aromatic heterocycles. The zero-order chi connectivity index (χ0) is 28.4. The zero-order valence-electron chi connectivity index (χ0n) is 23.9. The van der Waals surface area contributed by atoms with Crippen molar-refractivity contribution in [3.63, 3.8) is 0 Å². The van der Waals surface area contributed by atoms with Gasteiger partial charge in [-0.1, -0.05) is 25.8 Å². The van der Waals surface area contributed by atoms with Crippen LogP contribution in [0.2, 0.25) is 0 Å². The number of carbonyl (C=O) groups is 2. The van der Waals surface area contributed by atoms with Gasteiger partial charge in [-0.25, -0.2) is 0 Å². The molecule has 0 radical (unpaired) electrons. The first-order chi connectivity index (χ1) is 18.8. The van der Waals surface area contributed by atoms with Gasteiger partial charge in [0.25, 0.3) is 11.7 Å². The highest BCUT2D eigenvalue weighted by atomic mass is 16.5. The summed E-state index contributed by atoms with van der Waals surface area (Å²) < 4.78 is 17.4. The van der Waals surface area contributed by atoms with Crippen molar-refractivity contribution in [3.05, 3.63) is 59.2 Å². The minimum atomic E-state index is -0.757. The molecule has 1 N–H and O–H groups in total. The third kappa shape index (κ3) is 7.53. The summed E-state index contributed by atoms with van der Waals surface area (Å²) in [5, 5.41) is 11.4. The number of aliphatic hydroxyl groups is 1. The highest BCUT2D eigenvalue weighted by Crippen LogP contribution is 2.42. The minimum absolute atomic E-state index is 0.0630. The first-order valence-corrected chi connectivity index (χ1v) is 13.9. The second kappa shape index (κ2) is 14.6. The first kappa shape index (κ1) is 30.0. The number of aliphatic hydroxyl groups excluding tert-OH is 1. The zero-order valence-corrected chi connectivity index (χ0v) is 23.9. The summed E-state index contributed by atoms with van der Waals surface area (Å²) in [5.74, 6) is 0.289. The lowest BCUT2D eigenvalue weighted by Crippen LogP contribution is -2.32. The van der Waals surface area contributed by atoms with Crippen LogP contribution in [-0.2, 0) is 9.59 Å². The monoisotopic (exact) mass is 538 g/mol. The molecule has 1 fully saturated rings. The van der Waals surface area contributed by atoms with Crippen molar-refractivity contribution < 1.29 is 28.9 Å². The number of benzene rings is 2. The highest BCUT2D eigenvalue weighted by Gasteiger charge is 2.46. The molecule has 1 heterocycles. The average molecular weight is 539 g/mol. The van der Waals surface area contributed by atoms with Crippen molar-refractivity contribution in [3.8, 4) is 17.2 Å². The van der Waals surface area contributed by atoms with Gasteiger partial charge in [-0.05, 0) is 89.3 Å². The van der Waals surface area contributed by atoms with Crippen LogP contribution in [0, 0.1) is 0 Å². The van der Waals surface area contributed by atoms with E-state index >= 15 is 0 Å². The van der Waals surface area contributed by atoms with Gasteiger partial charge >= 0.3 is 0 Å². The quantitative estimate of drug-likeness (QED) is 0.140. The highest BCUT2D eigenvalue weighted by molar-refractivity contribution is 6.46. The van der Waals surface area contributed by atoms with Gasteiger partial charge < -0.3 is 29.1 Å². The summed E-state index contributed by atoms with van der Waals surface area (Å²) >= 11 is 0. The molecule has 39 heavy (non-hydrogen) atoms. The smallest absolute Gasteiger partial charge is 0.295 e. The predicted octanol–water partition coefficient (Wildman–Crippen LogP) is 5.43. The number of rotatable bonds is 15. The second-order valence-electron chi connectivity index (χ2n) is 9.80. The third-order valence-electron chi connectivity index (χ3n) is 6.57. The molecule has 0 aliphatic carbocycles. The van der Waals surface area contributed by atoms with Crippen LogP contribution in [-0.4, -0.2) is 73.6 Å². The Morgan fingerprint density at radius 3 is 2.26 bits per heavy atom. The Balaban J connectivity index is 2.06. The number of amides is 1. The minimum Gasteiger partial charge on any atom is -0.507 e. The van der Waals surface area contributed by atoms with Crippen molar-refractivity contribution in [1.29, 1.82) is 0 Å². The van der Waals surface area contributed by atoms with E-state index in [2.05, 4.69) is 6.92 Å². The topological polar surface area (TPSA) is 88.5 Å². The van der Waals surface area contributed by atoms with Crippen LogP contribution in [0.5, 0.6) is 17.2 Å². The van der Waals surface area contributed by atoms with Crippen molar-refractivity contribution in [2.75, 3.05) is 47.0 Å². The molecule has 0 bridgehead atoms. The Morgan fingerprint density at radius 2 is 1.62 bits per heavy atom. The fourth-order valence-electron chi connectivity index (χ4n) is 4.66. The maximum Gasteiger partial charge on any atom is 0.295 e. The molecule has 2 aromatic carbocycles. The molecule has 1 atom stereocenters. The fourth-order valence-corrected chi connectivity index (χ4v) is 4.66. The summed E-state index contributed by atoms with van der Waals surface area (Å²) in [6.45, 7) is 8.58. The van der Waals surface area contributed by atoms with E-state index < -0.39 is 17.7 Å². The Bertz CT molecular complexity index is 1140.